The molecule has 1 heterocycles. The van der Waals surface area contributed by atoms with Crippen molar-refractivity contribution >= 4 is 5.69 Å². The lowest BCUT2D eigenvalue weighted by atomic mass is 9.78. The Bertz CT molecular complexity index is 829. The van der Waals surface area contributed by atoms with Crippen molar-refractivity contribution in [2.75, 3.05) is 13.1 Å². The number of halogens is 4. The largest absolute Gasteiger partial charge is 0.679 e. The average molecular weight is 419 g/mol. The Labute approximate surface area is 175 Å². The molecular formula is C24H27F4N2-. The quantitative estimate of drug-likeness (QED) is 0.486. The molecule has 30 heavy (non-hydrogen) atoms. The van der Waals surface area contributed by atoms with Gasteiger partial charge in [-0.15, -0.1) is 11.7 Å². The van der Waals surface area contributed by atoms with Gasteiger partial charge in [0.15, 0.2) is 0 Å². The summed E-state index contributed by atoms with van der Waals surface area (Å²) in [5.74, 6) is -0.357. The van der Waals surface area contributed by atoms with E-state index in [1.165, 1.54) is 31.2 Å². The van der Waals surface area contributed by atoms with Crippen LogP contribution in [0.3, 0.4) is 0 Å². The lowest BCUT2D eigenvalue weighted by Gasteiger charge is -2.47. The number of piperidine rings is 1. The van der Waals surface area contributed by atoms with Gasteiger partial charge < -0.3 is 5.32 Å². The maximum Gasteiger partial charge on any atom is 0.416 e. The molecule has 162 valence electrons. The van der Waals surface area contributed by atoms with E-state index in [2.05, 4.69) is 40.5 Å². The predicted molar refractivity (Wildman–Crippen MR) is 110 cm³/mol. The predicted octanol–water partition coefficient (Wildman–Crippen LogP) is 7.04. The molecule has 1 saturated heterocycles. The van der Waals surface area contributed by atoms with Crippen LogP contribution in [-0.4, -0.2) is 30.1 Å². The molecule has 0 bridgehead atoms. The van der Waals surface area contributed by atoms with Crippen molar-refractivity contribution in [2.45, 2.75) is 62.7 Å². The Morgan fingerprint density at radius 2 is 1.57 bits per heavy atom. The summed E-state index contributed by atoms with van der Waals surface area (Å²) in [5.41, 5.74) is 0.458. The van der Waals surface area contributed by atoms with E-state index in [1.807, 2.05) is 0 Å². The van der Waals surface area contributed by atoms with Gasteiger partial charge in [-0.3, -0.25) is 4.90 Å². The first-order valence-electron chi connectivity index (χ1n) is 10.8. The van der Waals surface area contributed by atoms with Crippen LogP contribution in [0.15, 0.2) is 48.5 Å². The highest BCUT2D eigenvalue weighted by molar-refractivity contribution is 5.52. The van der Waals surface area contributed by atoms with Crippen molar-refractivity contribution in [1.29, 1.82) is 0 Å². The molecular weight excluding hydrogens is 392 g/mol. The van der Waals surface area contributed by atoms with Gasteiger partial charge in [-0.2, -0.15) is 13.2 Å². The highest BCUT2D eigenvalue weighted by Crippen LogP contribution is 2.39. The van der Waals surface area contributed by atoms with Crippen LogP contribution in [0.5, 0.6) is 0 Å². The Morgan fingerprint density at radius 1 is 0.867 bits per heavy atom. The number of benzene rings is 2. The average Bonchev–Trinajstić information content (AvgIpc) is 2.76. The second-order valence-electron chi connectivity index (χ2n) is 8.43. The molecule has 1 aliphatic carbocycles. The number of rotatable bonds is 4. The van der Waals surface area contributed by atoms with E-state index in [1.54, 1.807) is 0 Å². The fourth-order valence-electron chi connectivity index (χ4n) is 4.97. The fraction of sp³-hybridized carbons (Fsp3) is 0.500. The molecule has 1 saturated carbocycles. The van der Waals surface area contributed by atoms with E-state index >= 15 is 0 Å². The van der Waals surface area contributed by atoms with Crippen LogP contribution in [0.25, 0.3) is 5.32 Å². The molecule has 0 spiro atoms. The molecule has 6 heteroatoms. The standard InChI is InChI=1S/C24H27F4N2/c25-21-16-18(24(26,27)28)10-11-22(21)29-19-12-14-30(15-13-19)23-9-5-4-8-20(23)17-6-2-1-3-7-17/h1-3,6-7,10-11,16,19-20,23H,4-5,8-9,12-15H2/q-1/t20-,23-/m0/s1. The van der Waals surface area contributed by atoms with Gasteiger partial charge in [-0.05, 0) is 43.5 Å². The summed E-state index contributed by atoms with van der Waals surface area (Å²) in [6.45, 7) is 1.79. The minimum absolute atomic E-state index is 0.0290. The Balaban J connectivity index is 1.37. The van der Waals surface area contributed by atoms with Gasteiger partial charge in [0.1, 0.15) is 5.82 Å². The van der Waals surface area contributed by atoms with Gasteiger partial charge in [0.2, 0.25) is 0 Å². The van der Waals surface area contributed by atoms with Crippen LogP contribution in [0.2, 0.25) is 0 Å². The lowest BCUT2D eigenvalue weighted by molar-refractivity contribution is -0.137. The summed E-state index contributed by atoms with van der Waals surface area (Å²) < 4.78 is 52.3. The van der Waals surface area contributed by atoms with Crippen LogP contribution in [0.4, 0.5) is 23.2 Å². The van der Waals surface area contributed by atoms with Gasteiger partial charge in [0.25, 0.3) is 0 Å². The first kappa shape index (κ1) is 21.2. The van der Waals surface area contributed by atoms with Crippen molar-refractivity contribution in [2.24, 2.45) is 0 Å². The van der Waals surface area contributed by atoms with Crippen molar-refractivity contribution in [3.8, 4) is 0 Å². The third-order valence-corrected chi connectivity index (χ3v) is 6.52. The van der Waals surface area contributed by atoms with E-state index in [9.17, 15) is 17.6 Å². The molecule has 2 nitrogen and oxygen atoms in total. The van der Waals surface area contributed by atoms with Crippen molar-refractivity contribution in [3.05, 3.63) is 70.8 Å². The smallest absolute Gasteiger partial charge is 0.416 e. The molecule has 0 N–H and O–H groups in total. The Hall–Kier alpha value is -2.08. The summed E-state index contributed by atoms with van der Waals surface area (Å²) in [6.07, 6.45) is 1.96. The summed E-state index contributed by atoms with van der Waals surface area (Å²) >= 11 is 0. The van der Waals surface area contributed by atoms with Crippen molar-refractivity contribution in [1.82, 2.24) is 4.90 Å². The van der Waals surface area contributed by atoms with Crippen LogP contribution in [-0.2, 0) is 6.18 Å². The number of hydrogen-bond acceptors (Lipinski definition) is 1. The van der Waals surface area contributed by atoms with Crippen LogP contribution < -0.4 is 0 Å². The van der Waals surface area contributed by atoms with Gasteiger partial charge in [0.05, 0.1) is 5.56 Å². The first-order chi connectivity index (χ1) is 14.4. The van der Waals surface area contributed by atoms with Crippen molar-refractivity contribution < 1.29 is 17.6 Å². The third kappa shape index (κ3) is 4.80. The number of nitrogens with zero attached hydrogens (tertiary/aromatic N) is 2. The van der Waals surface area contributed by atoms with E-state index < -0.39 is 17.6 Å². The molecule has 2 atom stereocenters. The molecule has 1 aliphatic heterocycles. The molecule has 2 fully saturated rings. The SMILES string of the molecule is Fc1cc(C(F)(F)F)ccc1[N-]C1CCN([C@H]2CCCC[C@H]2c2ccccc2)CC1. The lowest BCUT2D eigenvalue weighted by Crippen LogP contribution is -2.46. The summed E-state index contributed by atoms with van der Waals surface area (Å²) in [7, 11) is 0. The highest BCUT2D eigenvalue weighted by atomic mass is 19.4. The maximum absolute atomic E-state index is 14.1. The van der Waals surface area contributed by atoms with Crippen LogP contribution >= 0.6 is 0 Å². The molecule has 0 amide bonds. The second kappa shape index (κ2) is 8.96. The zero-order chi connectivity index (χ0) is 21.1. The second-order valence-corrected chi connectivity index (χ2v) is 8.43. The first-order valence-corrected chi connectivity index (χ1v) is 10.8. The van der Waals surface area contributed by atoms with Gasteiger partial charge in [-0.1, -0.05) is 68.1 Å². The normalized spacial score (nSPS) is 24.0. The zero-order valence-electron chi connectivity index (χ0n) is 16.9. The highest BCUT2D eigenvalue weighted by Gasteiger charge is 2.33. The maximum atomic E-state index is 14.1. The molecule has 2 aromatic rings. The van der Waals surface area contributed by atoms with E-state index in [-0.39, 0.29) is 11.7 Å². The monoisotopic (exact) mass is 419 g/mol. The number of hydrogen-bond donors (Lipinski definition) is 0. The topological polar surface area (TPSA) is 17.3 Å². The van der Waals surface area contributed by atoms with E-state index in [0.717, 1.165) is 38.1 Å². The van der Waals surface area contributed by atoms with E-state index in [4.69, 9.17) is 0 Å². The summed E-state index contributed by atoms with van der Waals surface area (Å²) in [6, 6.07) is 13.8. The molecule has 2 aliphatic rings. The van der Waals surface area contributed by atoms with Crippen LogP contribution in [0, 0.1) is 5.82 Å². The van der Waals surface area contributed by atoms with Crippen LogP contribution in [0.1, 0.15) is 55.6 Å². The van der Waals surface area contributed by atoms with E-state index in [0.29, 0.717) is 18.0 Å². The Kier molecular flexibility index (Phi) is 6.32. The summed E-state index contributed by atoms with van der Waals surface area (Å²) in [5, 5.41) is 4.43. The molecule has 0 unspecified atom stereocenters. The molecule has 2 aromatic carbocycles. The van der Waals surface area contributed by atoms with Gasteiger partial charge >= 0.3 is 6.18 Å². The van der Waals surface area contributed by atoms with Gasteiger partial charge in [0, 0.05) is 6.04 Å². The minimum Gasteiger partial charge on any atom is -0.679 e. The molecule has 0 radical (unpaired) electrons. The molecule has 4 rings (SSSR count). The number of likely N-dealkylation sites (tertiary alicyclic amines) is 1. The molecule has 0 aromatic heterocycles. The number of alkyl halides is 3. The minimum atomic E-state index is -4.54. The summed E-state index contributed by atoms with van der Waals surface area (Å²) in [4.78, 5) is 2.55. The zero-order valence-corrected chi connectivity index (χ0v) is 16.9. The van der Waals surface area contributed by atoms with Gasteiger partial charge in [-0.25, -0.2) is 4.39 Å². The Morgan fingerprint density at radius 3 is 2.23 bits per heavy atom. The third-order valence-electron chi connectivity index (χ3n) is 6.52. The van der Waals surface area contributed by atoms with Crippen molar-refractivity contribution in [3.63, 3.8) is 0 Å². The fourth-order valence-corrected chi connectivity index (χ4v) is 4.97.